The molecule has 210 valence electrons. The van der Waals surface area contributed by atoms with Gasteiger partial charge in [-0.3, -0.25) is 9.69 Å². The molecule has 1 aliphatic heterocycles. The molecular weight excluding hydrogens is 522 g/mol. The Morgan fingerprint density at radius 2 is 1.68 bits per heavy atom. The Bertz CT molecular complexity index is 1600. The molecule has 1 atom stereocenters. The highest BCUT2D eigenvalue weighted by molar-refractivity contribution is 7.98. The van der Waals surface area contributed by atoms with Crippen molar-refractivity contribution >= 4 is 23.2 Å². The van der Waals surface area contributed by atoms with Crippen molar-refractivity contribution in [1.29, 1.82) is 5.26 Å². The van der Waals surface area contributed by atoms with E-state index in [2.05, 4.69) is 108 Å². The maximum Gasteiger partial charge on any atom is 0.162 e. The minimum atomic E-state index is -0.478. The smallest absolute Gasteiger partial charge is 0.162 e. The van der Waals surface area contributed by atoms with Crippen molar-refractivity contribution in [1.82, 2.24) is 0 Å². The van der Waals surface area contributed by atoms with E-state index in [0.717, 1.165) is 40.3 Å². The van der Waals surface area contributed by atoms with Gasteiger partial charge in [-0.25, -0.2) is 0 Å². The van der Waals surface area contributed by atoms with E-state index in [0.29, 0.717) is 24.2 Å². The molecule has 5 heteroatoms. The van der Waals surface area contributed by atoms with Crippen molar-refractivity contribution in [2.24, 2.45) is 11.1 Å². The van der Waals surface area contributed by atoms with Gasteiger partial charge in [-0.15, -0.1) is 11.8 Å². The van der Waals surface area contributed by atoms with Crippen molar-refractivity contribution in [2.75, 3.05) is 4.90 Å². The Hall–Kier alpha value is -3.75. The summed E-state index contributed by atoms with van der Waals surface area (Å²) in [7, 11) is 0. The maximum atomic E-state index is 14.0. The van der Waals surface area contributed by atoms with Crippen molar-refractivity contribution < 1.29 is 4.79 Å². The molecule has 3 aromatic rings. The number of ketones is 1. The first-order chi connectivity index (χ1) is 19.5. The number of thioether (sulfide) groups is 1. The van der Waals surface area contributed by atoms with E-state index in [1.807, 2.05) is 4.90 Å². The summed E-state index contributed by atoms with van der Waals surface area (Å²) in [6.07, 6.45) is 2.10. The second-order valence-electron chi connectivity index (χ2n) is 12.2. The van der Waals surface area contributed by atoms with Crippen molar-refractivity contribution in [3.63, 3.8) is 0 Å². The normalized spacial score (nSPS) is 18.4. The summed E-state index contributed by atoms with van der Waals surface area (Å²) in [4.78, 5) is 17.2. The monoisotopic (exact) mass is 561 g/mol. The molecule has 0 fully saturated rings. The molecule has 5 rings (SSSR count). The van der Waals surface area contributed by atoms with Gasteiger partial charge in [-0.2, -0.15) is 5.26 Å². The fourth-order valence-electron chi connectivity index (χ4n) is 6.17. The molecule has 0 radical (unpaired) electrons. The standard InChI is InChI=1S/C36H39N3OS/c1-7-25-10-12-27(13-11-25)39-31-18-36(5,6)19-32(40)34(31)33(30(20-37)35(39)38)29-17-26(23(3)16-24(29)4)21-41-28-14-8-22(2)9-15-28/h8-17,33H,7,18-19,21,38H2,1-6H3. The van der Waals surface area contributed by atoms with Gasteiger partial charge in [0, 0.05) is 34.0 Å². The van der Waals surface area contributed by atoms with Gasteiger partial charge in [0.25, 0.3) is 0 Å². The number of Topliss-reactive ketones (excluding diaryl/α,β-unsaturated/α-hetero) is 1. The van der Waals surface area contributed by atoms with E-state index in [1.165, 1.54) is 27.1 Å². The summed E-state index contributed by atoms with van der Waals surface area (Å²) in [6.45, 7) is 12.7. The van der Waals surface area contributed by atoms with Crippen molar-refractivity contribution in [2.45, 2.75) is 77.4 Å². The number of anilines is 1. The third-order valence-corrected chi connectivity index (χ3v) is 9.50. The zero-order chi connectivity index (χ0) is 29.5. The van der Waals surface area contributed by atoms with Crippen LogP contribution in [-0.4, -0.2) is 5.78 Å². The number of aryl methyl sites for hydroxylation is 4. The second kappa shape index (κ2) is 11.3. The Morgan fingerprint density at radius 3 is 2.32 bits per heavy atom. The minimum absolute atomic E-state index is 0.104. The van der Waals surface area contributed by atoms with E-state index >= 15 is 0 Å². The molecule has 0 saturated carbocycles. The average Bonchev–Trinajstić information content (AvgIpc) is 2.92. The van der Waals surface area contributed by atoms with Gasteiger partial charge in [-0.05, 0) is 91.1 Å². The average molecular weight is 562 g/mol. The lowest BCUT2D eigenvalue weighted by atomic mass is 9.68. The summed E-state index contributed by atoms with van der Waals surface area (Å²) < 4.78 is 0. The molecule has 4 nitrogen and oxygen atoms in total. The third-order valence-electron chi connectivity index (χ3n) is 8.43. The second-order valence-corrected chi connectivity index (χ2v) is 13.3. The molecule has 0 amide bonds. The topological polar surface area (TPSA) is 70.1 Å². The summed E-state index contributed by atoms with van der Waals surface area (Å²) in [5.74, 6) is 0.848. The van der Waals surface area contributed by atoms with Crippen LogP contribution in [0.2, 0.25) is 0 Å². The molecule has 0 spiro atoms. The Kier molecular flexibility index (Phi) is 7.90. The zero-order valence-electron chi connectivity index (χ0n) is 25.0. The van der Waals surface area contributed by atoms with Gasteiger partial charge < -0.3 is 5.73 Å². The number of benzene rings is 3. The molecule has 0 aromatic heterocycles. The molecule has 0 bridgehead atoms. The van der Waals surface area contributed by atoms with Crippen LogP contribution >= 0.6 is 11.8 Å². The quantitative estimate of drug-likeness (QED) is 0.306. The highest BCUT2D eigenvalue weighted by atomic mass is 32.2. The van der Waals surface area contributed by atoms with Crippen LogP contribution in [0.4, 0.5) is 5.69 Å². The number of nitrogens with zero attached hydrogens (tertiary/aromatic N) is 2. The fourth-order valence-corrected chi connectivity index (χ4v) is 7.14. The first-order valence-corrected chi connectivity index (χ1v) is 15.4. The van der Waals surface area contributed by atoms with Crippen LogP contribution < -0.4 is 10.6 Å². The number of nitrogens with two attached hydrogens (primary N) is 1. The maximum absolute atomic E-state index is 14.0. The molecule has 1 aliphatic carbocycles. The van der Waals surface area contributed by atoms with E-state index in [-0.39, 0.29) is 11.2 Å². The molecule has 41 heavy (non-hydrogen) atoms. The number of carbonyl (C=O) groups excluding carboxylic acids is 1. The summed E-state index contributed by atoms with van der Waals surface area (Å²) >= 11 is 1.80. The van der Waals surface area contributed by atoms with E-state index in [9.17, 15) is 10.1 Å². The minimum Gasteiger partial charge on any atom is -0.384 e. The first-order valence-electron chi connectivity index (χ1n) is 14.4. The first kappa shape index (κ1) is 28.8. The summed E-state index contributed by atoms with van der Waals surface area (Å²) in [5, 5.41) is 10.6. The number of hydrogen-bond acceptors (Lipinski definition) is 5. The van der Waals surface area contributed by atoms with Crippen LogP contribution in [-0.2, 0) is 17.0 Å². The molecule has 1 unspecified atom stereocenters. The summed E-state index contributed by atoms with van der Waals surface area (Å²) in [6, 6.07) is 23.7. The Morgan fingerprint density at radius 1 is 1.00 bits per heavy atom. The van der Waals surface area contributed by atoms with Crippen LogP contribution in [0.5, 0.6) is 0 Å². The van der Waals surface area contributed by atoms with Crippen LogP contribution in [0.15, 0.2) is 88.2 Å². The SMILES string of the molecule is CCc1ccc(N2C(N)=C(C#N)C(c3cc(CSc4ccc(C)cc4)c(C)cc3C)C3=C2CC(C)(C)CC3=O)cc1. The largest absolute Gasteiger partial charge is 0.384 e. The predicted molar refractivity (Wildman–Crippen MR) is 170 cm³/mol. The number of rotatable bonds is 6. The fraction of sp³-hybridized carbons (Fsp3) is 0.333. The van der Waals surface area contributed by atoms with Gasteiger partial charge in [0.15, 0.2) is 5.78 Å². The number of carbonyl (C=O) groups is 1. The number of hydrogen-bond donors (Lipinski definition) is 1. The zero-order valence-corrected chi connectivity index (χ0v) is 25.8. The predicted octanol–water partition coefficient (Wildman–Crippen LogP) is 8.41. The molecule has 1 heterocycles. The Labute approximate surface area is 249 Å². The van der Waals surface area contributed by atoms with Crippen LogP contribution in [0.3, 0.4) is 0 Å². The lowest BCUT2D eigenvalue weighted by molar-refractivity contribution is -0.118. The van der Waals surface area contributed by atoms with Gasteiger partial charge in [-0.1, -0.05) is 62.7 Å². The van der Waals surface area contributed by atoms with Crippen molar-refractivity contribution in [3.8, 4) is 6.07 Å². The molecule has 2 aliphatic rings. The van der Waals surface area contributed by atoms with Gasteiger partial charge in [0.1, 0.15) is 5.82 Å². The summed E-state index contributed by atoms with van der Waals surface area (Å²) in [5.41, 5.74) is 16.6. The molecule has 2 N–H and O–H groups in total. The van der Waals surface area contributed by atoms with E-state index in [4.69, 9.17) is 5.73 Å². The van der Waals surface area contributed by atoms with E-state index in [1.54, 1.807) is 11.8 Å². The van der Waals surface area contributed by atoms with Crippen molar-refractivity contribution in [3.05, 3.63) is 117 Å². The van der Waals surface area contributed by atoms with Crippen LogP contribution in [0.1, 0.15) is 72.9 Å². The lowest BCUT2D eigenvalue weighted by Crippen LogP contribution is -2.42. The highest BCUT2D eigenvalue weighted by Crippen LogP contribution is 2.51. The van der Waals surface area contributed by atoms with Gasteiger partial charge in [0.2, 0.25) is 0 Å². The van der Waals surface area contributed by atoms with Crippen LogP contribution in [0.25, 0.3) is 0 Å². The lowest BCUT2D eigenvalue weighted by Gasteiger charge is -2.44. The van der Waals surface area contributed by atoms with Crippen LogP contribution in [0, 0.1) is 37.5 Å². The molecule has 0 saturated heterocycles. The van der Waals surface area contributed by atoms with E-state index < -0.39 is 5.92 Å². The Balaban J connectivity index is 1.64. The van der Waals surface area contributed by atoms with Gasteiger partial charge >= 0.3 is 0 Å². The highest BCUT2D eigenvalue weighted by Gasteiger charge is 2.45. The number of allylic oxidation sites excluding steroid dienone is 3. The van der Waals surface area contributed by atoms with Gasteiger partial charge in [0.05, 0.1) is 17.6 Å². The third kappa shape index (κ3) is 5.59. The molecule has 3 aromatic carbocycles. The number of nitriles is 1. The molecular formula is C36H39N3OS.